The number of nitrogens with zero attached hydrogens (tertiary/aromatic N) is 1. The van der Waals surface area contributed by atoms with Crippen LogP contribution < -0.4 is 21.9 Å². The number of hydrazine groups is 1. The maximum atomic E-state index is 11.8. The van der Waals surface area contributed by atoms with E-state index < -0.39 is 6.04 Å². The first kappa shape index (κ1) is 13.9. The molecule has 0 saturated carbocycles. The lowest BCUT2D eigenvalue weighted by Crippen LogP contribution is -2.44. The van der Waals surface area contributed by atoms with Crippen molar-refractivity contribution < 1.29 is 9.59 Å². The molecular weight excluding hydrogens is 234 g/mol. The molecule has 1 atom stereocenters. The second kappa shape index (κ2) is 6.55. The highest BCUT2D eigenvalue weighted by molar-refractivity contribution is 5.97. The zero-order valence-electron chi connectivity index (χ0n) is 10.4. The standard InChI is InChI=1S/C11H17N5O2/c1-3-13-10(17)7(2)15-11(18)8-4-5-9(16-12)14-6-8/h4-7H,3,12H2,1-2H3,(H,13,17)(H,14,16)(H,15,18). The molecule has 0 aliphatic rings. The second-order valence-corrected chi connectivity index (χ2v) is 3.67. The minimum atomic E-state index is -0.593. The van der Waals surface area contributed by atoms with Gasteiger partial charge in [-0.1, -0.05) is 0 Å². The quantitative estimate of drug-likeness (QED) is 0.421. The number of rotatable bonds is 5. The fraction of sp³-hybridized carbons (Fsp3) is 0.364. The molecule has 1 unspecified atom stereocenters. The first-order valence-electron chi connectivity index (χ1n) is 5.59. The summed E-state index contributed by atoms with van der Waals surface area (Å²) in [7, 11) is 0. The lowest BCUT2D eigenvalue weighted by Gasteiger charge is -2.13. The fourth-order valence-corrected chi connectivity index (χ4v) is 1.29. The number of anilines is 1. The van der Waals surface area contributed by atoms with Crippen molar-refractivity contribution in [3.63, 3.8) is 0 Å². The first-order chi connectivity index (χ1) is 8.58. The van der Waals surface area contributed by atoms with Gasteiger partial charge in [-0.15, -0.1) is 0 Å². The summed E-state index contributed by atoms with van der Waals surface area (Å²) in [5.41, 5.74) is 2.73. The molecule has 0 bridgehead atoms. The molecule has 7 nitrogen and oxygen atoms in total. The number of nitrogens with two attached hydrogens (primary N) is 1. The molecule has 1 heterocycles. The van der Waals surface area contributed by atoms with Crippen LogP contribution in [0, 0.1) is 0 Å². The first-order valence-corrected chi connectivity index (χ1v) is 5.59. The zero-order chi connectivity index (χ0) is 13.5. The van der Waals surface area contributed by atoms with E-state index in [1.807, 2.05) is 6.92 Å². The smallest absolute Gasteiger partial charge is 0.253 e. The van der Waals surface area contributed by atoms with Crippen molar-refractivity contribution in [1.82, 2.24) is 15.6 Å². The number of likely N-dealkylation sites (N-methyl/N-ethyl adjacent to an activating group) is 1. The maximum absolute atomic E-state index is 11.8. The lowest BCUT2D eigenvalue weighted by molar-refractivity contribution is -0.122. The van der Waals surface area contributed by atoms with Gasteiger partial charge in [-0.2, -0.15) is 0 Å². The molecule has 0 spiro atoms. The van der Waals surface area contributed by atoms with Crippen molar-refractivity contribution in [3.05, 3.63) is 23.9 Å². The van der Waals surface area contributed by atoms with Crippen molar-refractivity contribution in [2.75, 3.05) is 12.0 Å². The molecule has 18 heavy (non-hydrogen) atoms. The highest BCUT2D eigenvalue weighted by atomic mass is 16.2. The molecule has 0 aliphatic carbocycles. The van der Waals surface area contributed by atoms with Gasteiger partial charge in [0.05, 0.1) is 5.56 Å². The Morgan fingerprint density at radius 1 is 1.44 bits per heavy atom. The normalized spacial score (nSPS) is 11.5. The Hall–Kier alpha value is -2.15. The third kappa shape index (κ3) is 3.70. The number of nitrogens with one attached hydrogen (secondary N) is 3. The van der Waals surface area contributed by atoms with E-state index in [2.05, 4.69) is 21.0 Å². The van der Waals surface area contributed by atoms with Crippen molar-refractivity contribution in [2.24, 2.45) is 5.84 Å². The van der Waals surface area contributed by atoms with E-state index in [9.17, 15) is 9.59 Å². The summed E-state index contributed by atoms with van der Waals surface area (Å²) in [6.45, 7) is 3.96. The molecule has 7 heteroatoms. The van der Waals surface area contributed by atoms with Gasteiger partial charge in [0.1, 0.15) is 11.9 Å². The monoisotopic (exact) mass is 251 g/mol. The molecule has 5 N–H and O–H groups in total. The van der Waals surface area contributed by atoms with Crippen LogP contribution in [0.3, 0.4) is 0 Å². The van der Waals surface area contributed by atoms with E-state index in [1.165, 1.54) is 6.20 Å². The molecule has 0 aliphatic heterocycles. The SMILES string of the molecule is CCNC(=O)C(C)NC(=O)c1ccc(NN)nc1. The molecule has 0 fully saturated rings. The van der Waals surface area contributed by atoms with Gasteiger partial charge < -0.3 is 16.1 Å². The highest BCUT2D eigenvalue weighted by Gasteiger charge is 2.15. The molecule has 1 aromatic heterocycles. The van der Waals surface area contributed by atoms with Crippen LogP contribution >= 0.6 is 0 Å². The van der Waals surface area contributed by atoms with Gasteiger partial charge >= 0.3 is 0 Å². The fourth-order valence-electron chi connectivity index (χ4n) is 1.29. The largest absolute Gasteiger partial charge is 0.355 e. The molecular formula is C11H17N5O2. The number of amides is 2. The predicted molar refractivity (Wildman–Crippen MR) is 67.7 cm³/mol. The van der Waals surface area contributed by atoms with Crippen molar-refractivity contribution in [3.8, 4) is 0 Å². The van der Waals surface area contributed by atoms with Gasteiger partial charge in [0, 0.05) is 12.7 Å². The lowest BCUT2D eigenvalue weighted by atomic mass is 10.2. The van der Waals surface area contributed by atoms with Gasteiger partial charge in [-0.05, 0) is 26.0 Å². The van der Waals surface area contributed by atoms with Crippen LogP contribution in [0.4, 0.5) is 5.82 Å². The Balaban J connectivity index is 2.61. The Kier molecular flexibility index (Phi) is 5.06. The molecule has 98 valence electrons. The number of aromatic nitrogens is 1. The number of carbonyl (C=O) groups is 2. The van der Waals surface area contributed by atoms with E-state index in [1.54, 1.807) is 19.1 Å². The van der Waals surface area contributed by atoms with E-state index in [-0.39, 0.29) is 11.8 Å². The molecule has 1 aromatic rings. The van der Waals surface area contributed by atoms with Gasteiger partial charge in [0.2, 0.25) is 5.91 Å². The summed E-state index contributed by atoms with van der Waals surface area (Å²) in [6.07, 6.45) is 1.38. The second-order valence-electron chi connectivity index (χ2n) is 3.67. The minimum Gasteiger partial charge on any atom is -0.355 e. The third-order valence-electron chi connectivity index (χ3n) is 2.27. The molecule has 0 aromatic carbocycles. The average Bonchev–Trinajstić information content (AvgIpc) is 2.39. The highest BCUT2D eigenvalue weighted by Crippen LogP contribution is 2.03. The van der Waals surface area contributed by atoms with Gasteiger partial charge in [0.25, 0.3) is 5.91 Å². The summed E-state index contributed by atoms with van der Waals surface area (Å²) in [4.78, 5) is 27.1. The molecule has 1 rings (SSSR count). The summed E-state index contributed by atoms with van der Waals surface area (Å²) < 4.78 is 0. The molecule has 0 saturated heterocycles. The van der Waals surface area contributed by atoms with Crippen LogP contribution in [-0.4, -0.2) is 29.4 Å². The zero-order valence-corrected chi connectivity index (χ0v) is 10.4. The molecule has 2 amide bonds. The number of nitrogen functional groups attached to an aromatic ring is 1. The van der Waals surface area contributed by atoms with E-state index >= 15 is 0 Å². The number of carbonyl (C=O) groups excluding carboxylic acids is 2. The summed E-state index contributed by atoms with van der Waals surface area (Å²) in [5, 5.41) is 5.20. The summed E-state index contributed by atoms with van der Waals surface area (Å²) in [6, 6.07) is 2.55. The van der Waals surface area contributed by atoms with Crippen LogP contribution in [0.5, 0.6) is 0 Å². The van der Waals surface area contributed by atoms with Gasteiger partial charge in [0.15, 0.2) is 0 Å². The van der Waals surface area contributed by atoms with E-state index in [0.717, 1.165) is 0 Å². The Bertz CT molecular complexity index is 418. The molecule has 0 radical (unpaired) electrons. The Morgan fingerprint density at radius 3 is 2.67 bits per heavy atom. The Labute approximate surface area is 105 Å². The topological polar surface area (TPSA) is 109 Å². The van der Waals surface area contributed by atoms with Crippen LogP contribution in [0.2, 0.25) is 0 Å². The van der Waals surface area contributed by atoms with Crippen molar-refractivity contribution in [1.29, 1.82) is 0 Å². The average molecular weight is 251 g/mol. The van der Waals surface area contributed by atoms with E-state index in [0.29, 0.717) is 17.9 Å². The minimum absolute atomic E-state index is 0.223. The number of pyridine rings is 1. The third-order valence-corrected chi connectivity index (χ3v) is 2.27. The number of hydrogen-bond donors (Lipinski definition) is 4. The van der Waals surface area contributed by atoms with E-state index in [4.69, 9.17) is 5.84 Å². The number of hydrogen-bond acceptors (Lipinski definition) is 5. The Morgan fingerprint density at radius 2 is 2.17 bits per heavy atom. The van der Waals surface area contributed by atoms with Crippen molar-refractivity contribution in [2.45, 2.75) is 19.9 Å². The maximum Gasteiger partial charge on any atom is 0.253 e. The predicted octanol–water partition coefficient (Wildman–Crippen LogP) is -0.378. The van der Waals surface area contributed by atoms with Crippen LogP contribution in [-0.2, 0) is 4.79 Å². The van der Waals surface area contributed by atoms with Crippen LogP contribution in [0.1, 0.15) is 24.2 Å². The van der Waals surface area contributed by atoms with Crippen molar-refractivity contribution >= 4 is 17.6 Å². The summed E-state index contributed by atoms with van der Waals surface area (Å²) in [5.74, 6) is 5.05. The summed E-state index contributed by atoms with van der Waals surface area (Å²) >= 11 is 0. The van der Waals surface area contributed by atoms with Gasteiger partial charge in [-0.3, -0.25) is 9.59 Å². The van der Waals surface area contributed by atoms with Crippen LogP contribution in [0.25, 0.3) is 0 Å². The van der Waals surface area contributed by atoms with Crippen LogP contribution in [0.15, 0.2) is 18.3 Å². The van der Waals surface area contributed by atoms with Gasteiger partial charge in [-0.25, -0.2) is 10.8 Å².